The Morgan fingerprint density at radius 3 is 2.57 bits per heavy atom. The van der Waals surface area contributed by atoms with Gasteiger partial charge in [-0.1, -0.05) is 0 Å². The average Bonchev–Trinajstić information content (AvgIpc) is 3.01. The van der Waals surface area contributed by atoms with Crippen LogP contribution in [-0.4, -0.2) is 28.3 Å². The number of rotatable bonds is 4. The molecule has 1 fully saturated rings. The van der Waals surface area contributed by atoms with Crippen LogP contribution in [0.4, 0.5) is 11.5 Å². The maximum absolute atomic E-state index is 9.73. The Hall–Kier alpha value is -2.43. The van der Waals surface area contributed by atoms with Gasteiger partial charge in [-0.3, -0.25) is 0 Å². The third-order valence-electron chi connectivity index (χ3n) is 3.73. The second-order valence-electron chi connectivity index (χ2n) is 5.27. The van der Waals surface area contributed by atoms with Crippen LogP contribution in [0.1, 0.15) is 18.4 Å². The summed E-state index contributed by atoms with van der Waals surface area (Å²) in [6, 6.07) is 8.61. The van der Waals surface area contributed by atoms with Crippen molar-refractivity contribution in [3.63, 3.8) is 0 Å². The first kappa shape index (κ1) is 13.5. The molecule has 5 heteroatoms. The molecule has 0 radical (unpaired) electrons. The third kappa shape index (κ3) is 3.18. The van der Waals surface area contributed by atoms with Crippen molar-refractivity contribution in [3.05, 3.63) is 42.1 Å². The summed E-state index contributed by atoms with van der Waals surface area (Å²) in [4.78, 5) is 6.76. The van der Waals surface area contributed by atoms with Crippen molar-refractivity contribution in [1.29, 1.82) is 0 Å². The number of hydrogen-bond acceptors (Lipinski definition) is 5. The van der Waals surface area contributed by atoms with E-state index in [0.29, 0.717) is 6.54 Å². The van der Waals surface area contributed by atoms with Crippen LogP contribution in [0, 0.1) is 0 Å². The van der Waals surface area contributed by atoms with Crippen molar-refractivity contribution < 1.29 is 10.2 Å². The fourth-order valence-electron chi connectivity index (χ4n) is 2.52. The van der Waals surface area contributed by atoms with Gasteiger partial charge in [0.1, 0.15) is 17.3 Å². The second kappa shape index (κ2) is 5.91. The molecule has 2 aromatic rings. The summed E-state index contributed by atoms with van der Waals surface area (Å²) >= 11 is 0. The van der Waals surface area contributed by atoms with Gasteiger partial charge in [-0.25, -0.2) is 4.98 Å². The van der Waals surface area contributed by atoms with Gasteiger partial charge in [0.25, 0.3) is 0 Å². The molecule has 3 rings (SSSR count). The van der Waals surface area contributed by atoms with Gasteiger partial charge in [0, 0.05) is 31.3 Å². The number of nitrogens with one attached hydrogen (secondary N) is 1. The zero-order valence-corrected chi connectivity index (χ0v) is 11.8. The van der Waals surface area contributed by atoms with Crippen molar-refractivity contribution >= 4 is 11.5 Å². The number of aromatic nitrogens is 1. The molecular weight excluding hydrogens is 266 g/mol. The second-order valence-corrected chi connectivity index (χ2v) is 5.27. The minimum atomic E-state index is 0.0629. The van der Waals surface area contributed by atoms with Gasteiger partial charge in [0.05, 0.1) is 11.9 Å². The van der Waals surface area contributed by atoms with Crippen LogP contribution in [-0.2, 0) is 6.54 Å². The summed E-state index contributed by atoms with van der Waals surface area (Å²) in [7, 11) is 0. The number of phenols is 2. The molecule has 1 aliphatic rings. The Kier molecular flexibility index (Phi) is 3.81. The van der Waals surface area contributed by atoms with Crippen LogP contribution < -0.4 is 10.2 Å². The fourth-order valence-corrected chi connectivity index (χ4v) is 2.52. The van der Waals surface area contributed by atoms with Gasteiger partial charge in [-0.05, 0) is 37.1 Å². The van der Waals surface area contributed by atoms with Crippen molar-refractivity contribution in [3.8, 4) is 11.5 Å². The Labute approximate surface area is 123 Å². The van der Waals surface area contributed by atoms with Crippen molar-refractivity contribution in [2.45, 2.75) is 19.4 Å². The molecule has 0 aliphatic carbocycles. The molecule has 1 saturated heterocycles. The SMILES string of the molecule is Oc1ccc(CNc2ccc(N3CCCC3)nc2)c(O)c1. The highest BCUT2D eigenvalue weighted by Crippen LogP contribution is 2.24. The average molecular weight is 285 g/mol. The summed E-state index contributed by atoms with van der Waals surface area (Å²) in [5, 5.41) is 22.2. The van der Waals surface area contributed by atoms with E-state index in [-0.39, 0.29) is 11.5 Å². The van der Waals surface area contributed by atoms with Crippen molar-refractivity contribution in [2.24, 2.45) is 0 Å². The standard InChI is InChI=1S/C16H19N3O2/c20-14-5-3-12(15(21)9-14)10-17-13-4-6-16(18-11-13)19-7-1-2-8-19/h3-6,9,11,17,20-21H,1-2,7-8,10H2. The molecule has 0 saturated carbocycles. The minimum absolute atomic E-state index is 0.0629. The lowest BCUT2D eigenvalue weighted by atomic mass is 10.2. The molecule has 5 nitrogen and oxygen atoms in total. The molecule has 110 valence electrons. The first-order valence-corrected chi connectivity index (χ1v) is 7.18. The smallest absolute Gasteiger partial charge is 0.128 e. The summed E-state index contributed by atoms with van der Waals surface area (Å²) < 4.78 is 0. The van der Waals surface area contributed by atoms with Crippen LogP contribution in [0.15, 0.2) is 36.5 Å². The third-order valence-corrected chi connectivity index (χ3v) is 3.73. The lowest BCUT2D eigenvalue weighted by molar-refractivity contribution is 0.446. The van der Waals surface area contributed by atoms with E-state index in [1.165, 1.54) is 18.9 Å². The number of nitrogens with zero attached hydrogens (tertiary/aromatic N) is 2. The quantitative estimate of drug-likeness (QED) is 0.806. The first-order chi connectivity index (χ1) is 10.2. The van der Waals surface area contributed by atoms with Gasteiger partial charge in [-0.2, -0.15) is 0 Å². The van der Waals surface area contributed by atoms with E-state index in [1.54, 1.807) is 12.1 Å². The highest BCUT2D eigenvalue weighted by Gasteiger charge is 2.12. The molecule has 1 aromatic carbocycles. The largest absolute Gasteiger partial charge is 0.508 e. The maximum atomic E-state index is 9.73. The lowest BCUT2D eigenvalue weighted by Gasteiger charge is -2.16. The normalized spacial score (nSPS) is 14.4. The zero-order valence-electron chi connectivity index (χ0n) is 11.8. The molecule has 0 atom stereocenters. The van der Waals surface area contributed by atoms with Crippen LogP contribution in [0.25, 0.3) is 0 Å². The van der Waals surface area contributed by atoms with E-state index in [4.69, 9.17) is 0 Å². The van der Waals surface area contributed by atoms with Crippen molar-refractivity contribution in [2.75, 3.05) is 23.3 Å². The van der Waals surface area contributed by atoms with E-state index >= 15 is 0 Å². The highest BCUT2D eigenvalue weighted by atomic mass is 16.3. The topological polar surface area (TPSA) is 68.6 Å². The van der Waals surface area contributed by atoms with Gasteiger partial charge >= 0.3 is 0 Å². The van der Waals surface area contributed by atoms with Gasteiger partial charge in [0.2, 0.25) is 0 Å². The number of aromatic hydroxyl groups is 2. The van der Waals surface area contributed by atoms with Crippen molar-refractivity contribution in [1.82, 2.24) is 4.98 Å². The van der Waals surface area contributed by atoms with E-state index in [9.17, 15) is 10.2 Å². The van der Waals surface area contributed by atoms with Crippen LogP contribution in [0.5, 0.6) is 11.5 Å². The number of pyridine rings is 1. The Bertz CT molecular complexity index is 607. The summed E-state index contributed by atoms with van der Waals surface area (Å²) in [6.45, 7) is 2.65. The highest BCUT2D eigenvalue weighted by molar-refractivity contribution is 5.50. The Morgan fingerprint density at radius 1 is 1.10 bits per heavy atom. The lowest BCUT2D eigenvalue weighted by Crippen LogP contribution is -2.18. The van der Waals surface area contributed by atoms with Crippen LogP contribution in [0.3, 0.4) is 0 Å². The van der Waals surface area contributed by atoms with Crippen LogP contribution in [0.2, 0.25) is 0 Å². The number of benzene rings is 1. The van der Waals surface area contributed by atoms with Crippen LogP contribution >= 0.6 is 0 Å². The molecular formula is C16H19N3O2. The van der Waals surface area contributed by atoms with E-state index in [0.717, 1.165) is 30.2 Å². The minimum Gasteiger partial charge on any atom is -0.508 e. The molecule has 1 aromatic heterocycles. The summed E-state index contributed by atoms with van der Waals surface area (Å²) in [5.41, 5.74) is 1.64. The molecule has 0 bridgehead atoms. The Morgan fingerprint density at radius 2 is 1.90 bits per heavy atom. The molecule has 0 unspecified atom stereocenters. The fraction of sp³-hybridized carbons (Fsp3) is 0.312. The molecule has 2 heterocycles. The predicted octanol–water partition coefficient (Wildman–Crippen LogP) is 2.71. The first-order valence-electron chi connectivity index (χ1n) is 7.18. The van der Waals surface area contributed by atoms with E-state index < -0.39 is 0 Å². The van der Waals surface area contributed by atoms with Gasteiger partial charge in [-0.15, -0.1) is 0 Å². The number of phenolic OH excluding ortho intramolecular Hbond substituents is 2. The summed E-state index contributed by atoms with van der Waals surface area (Å²) in [6.07, 6.45) is 4.29. The Balaban J connectivity index is 1.62. The molecule has 3 N–H and O–H groups in total. The van der Waals surface area contributed by atoms with Gasteiger partial charge < -0.3 is 20.4 Å². The molecule has 1 aliphatic heterocycles. The zero-order chi connectivity index (χ0) is 14.7. The molecule has 21 heavy (non-hydrogen) atoms. The number of hydrogen-bond donors (Lipinski definition) is 3. The number of anilines is 2. The maximum Gasteiger partial charge on any atom is 0.128 e. The van der Waals surface area contributed by atoms with E-state index in [2.05, 4.69) is 15.2 Å². The molecule has 0 spiro atoms. The predicted molar refractivity (Wildman–Crippen MR) is 82.8 cm³/mol. The van der Waals surface area contributed by atoms with Gasteiger partial charge in [0.15, 0.2) is 0 Å². The monoisotopic (exact) mass is 285 g/mol. The molecule has 0 amide bonds. The summed E-state index contributed by atoms with van der Waals surface area (Å²) in [5.74, 6) is 1.17. The van der Waals surface area contributed by atoms with E-state index in [1.807, 2.05) is 18.3 Å².